The van der Waals surface area contributed by atoms with Crippen molar-refractivity contribution < 1.29 is 13.2 Å². The Labute approximate surface area is 172 Å². The first-order valence-corrected chi connectivity index (χ1v) is 12.0. The van der Waals surface area contributed by atoms with E-state index in [1.807, 2.05) is 0 Å². The van der Waals surface area contributed by atoms with Gasteiger partial charge < -0.3 is 5.32 Å². The topological polar surface area (TPSA) is 66.5 Å². The van der Waals surface area contributed by atoms with E-state index in [1.54, 1.807) is 0 Å². The van der Waals surface area contributed by atoms with Crippen LogP contribution in [0.3, 0.4) is 0 Å². The van der Waals surface area contributed by atoms with Crippen molar-refractivity contribution in [2.45, 2.75) is 63.8 Å². The number of carbonyl (C=O) groups is 1. The standard InChI is InChI=1S/C21H29ClN2O3S/c1-20(2)14-8-9-21(20,3)18(12-14)23-19(25)16-13-15(6-7-17(16)22)28(26,27)24-10-4-5-11-24/h6-7,13-14,18H,4-5,8-12H2,1-3H3,(H,23,25). The number of benzene rings is 1. The van der Waals surface area contributed by atoms with Gasteiger partial charge in [0.05, 0.1) is 15.5 Å². The van der Waals surface area contributed by atoms with Gasteiger partial charge in [-0.1, -0.05) is 32.4 Å². The van der Waals surface area contributed by atoms with Gasteiger partial charge in [-0.05, 0) is 67.1 Å². The van der Waals surface area contributed by atoms with E-state index in [0.29, 0.717) is 19.0 Å². The summed E-state index contributed by atoms with van der Waals surface area (Å²) < 4.78 is 27.2. The van der Waals surface area contributed by atoms with Gasteiger partial charge in [0.2, 0.25) is 10.0 Å². The van der Waals surface area contributed by atoms with Crippen molar-refractivity contribution in [2.75, 3.05) is 13.1 Å². The molecule has 0 aromatic heterocycles. The predicted molar refractivity (Wildman–Crippen MR) is 110 cm³/mol. The molecule has 3 unspecified atom stereocenters. The van der Waals surface area contributed by atoms with Crippen LogP contribution in [0.1, 0.15) is 63.2 Å². The van der Waals surface area contributed by atoms with Crippen LogP contribution in [0, 0.1) is 16.7 Å². The van der Waals surface area contributed by atoms with Gasteiger partial charge in [-0.25, -0.2) is 8.42 Å². The highest BCUT2D eigenvalue weighted by molar-refractivity contribution is 7.89. The van der Waals surface area contributed by atoms with Gasteiger partial charge in [0.15, 0.2) is 0 Å². The minimum absolute atomic E-state index is 0.0546. The van der Waals surface area contributed by atoms with Crippen LogP contribution in [0.25, 0.3) is 0 Å². The van der Waals surface area contributed by atoms with Crippen LogP contribution in [-0.4, -0.2) is 37.8 Å². The van der Waals surface area contributed by atoms with Gasteiger partial charge in [0, 0.05) is 19.1 Å². The number of amides is 1. The Morgan fingerprint density at radius 3 is 2.46 bits per heavy atom. The van der Waals surface area contributed by atoms with Crippen molar-refractivity contribution in [2.24, 2.45) is 16.7 Å². The van der Waals surface area contributed by atoms with Gasteiger partial charge in [0.1, 0.15) is 0 Å². The average Bonchev–Trinajstić information content (AvgIpc) is 3.29. The normalized spacial score (nSPS) is 32.0. The van der Waals surface area contributed by atoms with Crippen LogP contribution in [0.5, 0.6) is 0 Å². The van der Waals surface area contributed by atoms with E-state index in [-0.39, 0.29) is 38.3 Å². The average molecular weight is 425 g/mol. The molecule has 5 nitrogen and oxygen atoms in total. The largest absolute Gasteiger partial charge is 0.349 e. The molecule has 2 saturated carbocycles. The van der Waals surface area contributed by atoms with Gasteiger partial charge in [-0.2, -0.15) is 4.31 Å². The van der Waals surface area contributed by atoms with E-state index in [1.165, 1.54) is 28.9 Å². The summed E-state index contributed by atoms with van der Waals surface area (Å²) in [4.78, 5) is 13.2. The Morgan fingerprint density at radius 2 is 1.89 bits per heavy atom. The van der Waals surface area contributed by atoms with E-state index in [0.717, 1.165) is 25.7 Å². The zero-order chi connectivity index (χ0) is 20.3. The molecule has 154 valence electrons. The Hall–Kier alpha value is -1.11. The van der Waals surface area contributed by atoms with Crippen molar-refractivity contribution in [3.8, 4) is 0 Å². The minimum Gasteiger partial charge on any atom is -0.349 e. The summed E-state index contributed by atoms with van der Waals surface area (Å²) in [6, 6.07) is 4.54. The number of sulfonamides is 1. The maximum atomic E-state index is 13.0. The highest BCUT2D eigenvalue weighted by atomic mass is 35.5. The van der Waals surface area contributed by atoms with Crippen LogP contribution in [0.15, 0.2) is 23.1 Å². The Bertz CT molecular complexity index is 908. The van der Waals surface area contributed by atoms with E-state index in [9.17, 15) is 13.2 Å². The zero-order valence-corrected chi connectivity index (χ0v) is 18.4. The third-order valence-electron chi connectivity index (χ3n) is 7.98. The van der Waals surface area contributed by atoms with Crippen molar-refractivity contribution >= 4 is 27.5 Å². The summed E-state index contributed by atoms with van der Waals surface area (Å²) in [6.07, 6.45) is 5.03. The van der Waals surface area contributed by atoms with Crippen LogP contribution in [0.2, 0.25) is 5.02 Å². The lowest BCUT2D eigenvalue weighted by molar-refractivity contribution is 0.0826. The lowest BCUT2D eigenvalue weighted by Gasteiger charge is -2.39. The number of rotatable bonds is 4. The van der Waals surface area contributed by atoms with Crippen LogP contribution >= 0.6 is 11.6 Å². The predicted octanol–water partition coefficient (Wildman–Crippen LogP) is 4.07. The third kappa shape index (κ3) is 2.91. The fourth-order valence-electron chi connectivity index (χ4n) is 5.57. The number of fused-ring (bicyclic) bond motifs is 2. The second-order valence-electron chi connectivity index (χ2n) is 9.39. The third-order valence-corrected chi connectivity index (χ3v) is 10.2. The van der Waals surface area contributed by atoms with Gasteiger partial charge >= 0.3 is 0 Å². The summed E-state index contributed by atoms with van der Waals surface area (Å²) >= 11 is 6.29. The van der Waals surface area contributed by atoms with Crippen LogP contribution < -0.4 is 5.32 Å². The van der Waals surface area contributed by atoms with E-state index in [4.69, 9.17) is 11.6 Å². The molecule has 3 fully saturated rings. The molecule has 3 atom stereocenters. The maximum absolute atomic E-state index is 13.0. The SMILES string of the molecule is CC1(C)C2CCC1(C)C(NC(=O)c1cc(S(=O)(=O)N3CCCC3)ccc1Cl)C2. The number of carbonyl (C=O) groups excluding carboxylic acids is 1. The highest BCUT2D eigenvalue weighted by Crippen LogP contribution is 2.65. The molecule has 3 aliphatic rings. The summed E-state index contributed by atoms with van der Waals surface area (Å²) in [7, 11) is -3.58. The molecule has 1 saturated heterocycles. The molecule has 1 N–H and O–H groups in total. The van der Waals surface area contributed by atoms with E-state index < -0.39 is 10.0 Å². The summed E-state index contributed by atoms with van der Waals surface area (Å²) in [5, 5.41) is 3.46. The lowest BCUT2D eigenvalue weighted by atomic mass is 9.69. The summed E-state index contributed by atoms with van der Waals surface area (Å²) in [6.45, 7) is 7.92. The number of nitrogens with one attached hydrogen (secondary N) is 1. The Kier molecular flexibility index (Phi) is 4.83. The van der Waals surface area contributed by atoms with E-state index >= 15 is 0 Å². The maximum Gasteiger partial charge on any atom is 0.253 e. The van der Waals surface area contributed by atoms with Crippen molar-refractivity contribution in [1.82, 2.24) is 9.62 Å². The molecule has 4 rings (SSSR count). The molecule has 2 aliphatic carbocycles. The summed E-state index contributed by atoms with van der Waals surface area (Å²) in [5.74, 6) is 0.332. The Balaban J connectivity index is 1.59. The molecule has 28 heavy (non-hydrogen) atoms. The summed E-state index contributed by atoms with van der Waals surface area (Å²) in [5.41, 5.74) is 0.487. The minimum atomic E-state index is -3.58. The molecular weight excluding hydrogens is 396 g/mol. The quantitative estimate of drug-likeness (QED) is 0.792. The number of hydrogen-bond donors (Lipinski definition) is 1. The molecular formula is C21H29ClN2O3S. The second-order valence-corrected chi connectivity index (χ2v) is 11.7. The van der Waals surface area contributed by atoms with Crippen molar-refractivity contribution in [3.05, 3.63) is 28.8 Å². The molecule has 2 bridgehead atoms. The molecule has 0 radical (unpaired) electrons. The number of halogens is 1. The van der Waals surface area contributed by atoms with Gasteiger partial charge in [-0.3, -0.25) is 4.79 Å². The fraction of sp³-hybridized carbons (Fsp3) is 0.667. The van der Waals surface area contributed by atoms with Crippen LogP contribution in [0.4, 0.5) is 0 Å². The molecule has 1 aliphatic heterocycles. The molecule has 1 aromatic carbocycles. The molecule has 1 aromatic rings. The van der Waals surface area contributed by atoms with Gasteiger partial charge in [-0.15, -0.1) is 0 Å². The number of hydrogen-bond acceptors (Lipinski definition) is 3. The second kappa shape index (κ2) is 6.71. The Morgan fingerprint density at radius 1 is 1.21 bits per heavy atom. The highest BCUT2D eigenvalue weighted by Gasteiger charge is 2.61. The smallest absolute Gasteiger partial charge is 0.253 e. The zero-order valence-electron chi connectivity index (χ0n) is 16.8. The number of nitrogens with zero attached hydrogens (tertiary/aromatic N) is 1. The molecule has 1 heterocycles. The molecule has 0 spiro atoms. The van der Waals surface area contributed by atoms with Crippen molar-refractivity contribution in [1.29, 1.82) is 0 Å². The van der Waals surface area contributed by atoms with Gasteiger partial charge in [0.25, 0.3) is 5.91 Å². The van der Waals surface area contributed by atoms with Crippen molar-refractivity contribution in [3.63, 3.8) is 0 Å². The van der Waals surface area contributed by atoms with E-state index in [2.05, 4.69) is 26.1 Å². The lowest BCUT2D eigenvalue weighted by Crippen LogP contribution is -2.47. The van der Waals surface area contributed by atoms with Crippen LogP contribution in [-0.2, 0) is 10.0 Å². The molecule has 1 amide bonds. The fourth-order valence-corrected chi connectivity index (χ4v) is 7.32. The monoisotopic (exact) mass is 424 g/mol. The first kappa shape index (κ1) is 20.2. The molecule has 7 heteroatoms. The first-order chi connectivity index (χ1) is 13.1. The first-order valence-electron chi connectivity index (χ1n) is 10.2.